The van der Waals surface area contributed by atoms with Gasteiger partial charge in [0.15, 0.2) is 21.3 Å². The molecule has 0 spiro atoms. The van der Waals surface area contributed by atoms with Crippen LogP contribution >= 0.6 is 0 Å². The standard InChI is InChI=1S/C21H25NO6S/c1-14(15-6-10-17(11-7-15)29(5,24)25)22-19(23)13-9-16-8-12-18(26-2)21(28-4)20(16)27-3/h6-14H,1-5H3,(H,22,23)/b13-9+. The van der Waals surface area contributed by atoms with Gasteiger partial charge in [0.2, 0.25) is 11.7 Å². The summed E-state index contributed by atoms with van der Waals surface area (Å²) in [5.74, 6) is 1.12. The van der Waals surface area contributed by atoms with E-state index in [1.54, 1.807) is 30.3 Å². The minimum Gasteiger partial charge on any atom is -0.493 e. The predicted octanol–water partition coefficient (Wildman–Crippen LogP) is 3.01. The fourth-order valence-corrected chi connectivity index (χ4v) is 3.40. The fourth-order valence-electron chi connectivity index (χ4n) is 2.77. The van der Waals surface area contributed by atoms with Crippen LogP contribution in [0.1, 0.15) is 24.1 Å². The molecule has 156 valence electrons. The normalized spacial score (nSPS) is 12.4. The Balaban J connectivity index is 2.13. The highest BCUT2D eigenvalue weighted by Crippen LogP contribution is 2.40. The monoisotopic (exact) mass is 419 g/mol. The van der Waals surface area contributed by atoms with E-state index in [0.29, 0.717) is 22.8 Å². The van der Waals surface area contributed by atoms with E-state index in [-0.39, 0.29) is 16.8 Å². The minimum absolute atomic E-state index is 0.236. The number of ether oxygens (including phenoxy) is 3. The van der Waals surface area contributed by atoms with Crippen molar-refractivity contribution < 1.29 is 27.4 Å². The van der Waals surface area contributed by atoms with E-state index in [2.05, 4.69) is 5.32 Å². The van der Waals surface area contributed by atoms with Gasteiger partial charge in [0.25, 0.3) is 0 Å². The molecule has 0 saturated heterocycles. The molecule has 0 aliphatic heterocycles. The molecule has 0 radical (unpaired) electrons. The van der Waals surface area contributed by atoms with Crippen LogP contribution < -0.4 is 19.5 Å². The number of methoxy groups -OCH3 is 3. The number of carbonyl (C=O) groups is 1. The first kappa shape index (κ1) is 22.3. The lowest BCUT2D eigenvalue weighted by Crippen LogP contribution is -2.24. The summed E-state index contributed by atoms with van der Waals surface area (Å²) in [6.07, 6.45) is 4.17. The molecule has 0 bridgehead atoms. The zero-order valence-corrected chi connectivity index (χ0v) is 17.9. The van der Waals surface area contributed by atoms with Crippen LogP contribution in [0.15, 0.2) is 47.4 Å². The summed E-state index contributed by atoms with van der Waals surface area (Å²) < 4.78 is 39.1. The van der Waals surface area contributed by atoms with Crippen LogP contribution in [0.2, 0.25) is 0 Å². The molecule has 2 aromatic carbocycles. The smallest absolute Gasteiger partial charge is 0.244 e. The maximum absolute atomic E-state index is 12.3. The summed E-state index contributed by atoms with van der Waals surface area (Å²) in [4.78, 5) is 12.5. The summed E-state index contributed by atoms with van der Waals surface area (Å²) in [5.41, 5.74) is 1.45. The summed E-state index contributed by atoms with van der Waals surface area (Å²) in [5, 5.41) is 2.84. The molecule has 29 heavy (non-hydrogen) atoms. The topological polar surface area (TPSA) is 90.9 Å². The lowest BCUT2D eigenvalue weighted by molar-refractivity contribution is -0.117. The molecule has 0 aliphatic rings. The van der Waals surface area contributed by atoms with Crippen molar-refractivity contribution in [3.8, 4) is 17.2 Å². The lowest BCUT2D eigenvalue weighted by Gasteiger charge is -2.15. The molecule has 8 heteroatoms. The summed E-state index contributed by atoms with van der Waals surface area (Å²) in [7, 11) is 1.30. The maximum atomic E-state index is 12.3. The molecule has 1 atom stereocenters. The number of hydrogen-bond acceptors (Lipinski definition) is 6. The third kappa shape index (κ3) is 5.51. The molecule has 2 aromatic rings. The number of nitrogens with one attached hydrogen (secondary N) is 1. The number of hydrogen-bond donors (Lipinski definition) is 1. The number of rotatable bonds is 8. The first-order chi connectivity index (χ1) is 13.7. The van der Waals surface area contributed by atoms with Gasteiger partial charge < -0.3 is 19.5 Å². The average Bonchev–Trinajstić information content (AvgIpc) is 2.70. The third-order valence-corrected chi connectivity index (χ3v) is 5.44. The highest BCUT2D eigenvalue weighted by molar-refractivity contribution is 7.90. The van der Waals surface area contributed by atoms with Gasteiger partial charge in [-0.25, -0.2) is 8.42 Å². The van der Waals surface area contributed by atoms with Gasteiger partial charge in [0, 0.05) is 17.9 Å². The van der Waals surface area contributed by atoms with Gasteiger partial charge in [-0.05, 0) is 42.8 Å². The van der Waals surface area contributed by atoms with E-state index in [0.717, 1.165) is 11.8 Å². The number of amides is 1. The van der Waals surface area contributed by atoms with Crippen molar-refractivity contribution in [2.45, 2.75) is 17.9 Å². The second kappa shape index (κ2) is 9.47. The number of sulfone groups is 1. The first-order valence-corrected chi connectivity index (χ1v) is 10.7. The number of carbonyl (C=O) groups excluding carboxylic acids is 1. The lowest BCUT2D eigenvalue weighted by atomic mass is 10.1. The van der Waals surface area contributed by atoms with Gasteiger partial charge in [-0.3, -0.25) is 4.79 Å². The molecule has 0 saturated carbocycles. The van der Waals surface area contributed by atoms with Crippen molar-refractivity contribution in [3.05, 3.63) is 53.6 Å². The molecule has 2 rings (SSSR count). The zero-order valence-electron chi connectivity index (χ0n) is 17.1. The van der Waals surface area contributed by atoms with Crippen molar-refractivity contribution in [3.63, 3.8) is 0 Å². The molecule has 0 heterocycles. The van der Waals surface area contributed by atoms with Crippen molar-refractivity contribution in [2.75, 3.05) is 27.6 Å². The Morgan fingerprint density at radius 2 is 1.59 bits per heavy atom. The Hall–Kier alpha value is -3.00. The van der Waals surface area contributed by atoms with Gasteiger partial charge in [-0.1, -0.05) is 12.1 Å². The van der Waals surface area contributed by atoms with Crippen molar-refractivity contribution in [1.82, 2.24) is 5.32 Å². The molecule has 1 N–H and O–H groups in total. The fraction of sp³-hybridized carbons (Fsp3) is 0.286. The number of benzene rings is 2. The van der Waals surface area contributed by atoms with E-state index < -0.39 is 9.84 Å². The molecule has 7 nitrogen and oxygen atoms in total. The highest BCUT2D eigenvalue weighted by atomic mass is 32.2. The molecule has 1 amide bonds. The van der Waals surface area contributed by atoms with E-state index >= 15 is 0 Å². The first-order valence-electron chi connectivity index (χ1n) is 8.78. The second-order valence-electron chi connectivity index (χ2n) is 6.33. The Kier molecular flexibility index (Phi) is 7.28. The second-order valence-corrected chi connectivity index (χ2v) is 8.34. The highest BCUT2D eigenvalue weighted by Gasteiger charge is 2.15. The van der Waals surface area contributed by atoms with Crippen LogP contribution in [0.5, 0.6) is 17.2 Å². The van der Waals surface area contributed by atoms with Crippen LogP contribution in [0, 0.1) is 0 Å². The molecular formula is C21H25NO6S. The van der Waals surface area contributed by atoms with E-state index in [1.165, 1.54) is 39.5 Å². The molecule has 1 unspecified atom stereocenters. The quantitative estimate of drug-likeness (QED) is 0.662. The molecule has 0 aliphatic carbocycles. The maximum Gasteiger partial charge on any atom is 0.244 e. The SMILES string of the molecule is COc1ccc(/C=C/C(=O)NC(C)c2ccc(S(C)(=O)=O)cc2)c(OC)c1OC. The van der Waals surface area contributed by atoms with E-state index in [4.69, 9.17) is 14.2 Å². The Labute approximate surface area is 171 Å². The van der Waals surface area contributed by atoms with Crippen molar-refractivity contribution >= 4 is 21.8 Å². The van der Waals surface area contributed by atoms with Gasteiger partial charge in [0.1, 0.15) is 0 Å². The zero-order chi connectivity index (χ0) is 21.6. The Morgan fingerprint density at radius 3 is 2.10 bits per heavy atom. The van der Waals surface area contributed by atoms with Crippen LogP contribution in [-0.2, 0) is 14.6 Å². The van der Waals surface area contributed by atoms with Crippen molar-refractivity contribution in [2.24, 2.45) is 0 Å². The average molecular weight is 419 g/mol. The van der Waals surface area contributed by atoms with Crippen LogP contribution in [0.4, 0.5) is 0 Å². The summed E-state index contributed by atoms with van der Waals surface area (Å²) >= 11 is 0. The molecule has 0 fully saturated rings. The van der Waals surface area contributed by atoms with Gasteiger partial charge in [-0.15, -0.1) is 0 Å². The Morgan fingerprint density at radius 1 is 0.966 bits per heavy atom. The molecular weight excluding hydrogens is 394 g/mol. The summed E-state index contributed by atoms with van der Waals surface area (Å²) in [6.45, 7) is 1.82. The largest absolute Gasteiger partial charge is 0.493 e. The van der Waals surface area contributed by atoms with E-state index in [9.17, 15) is 13.2 Å². The third-order valence-electron chi connectivity index (χ3n) is 4.32. The van der Waals surface area contributed by atoms with Gasteiger partial charge in [0.05, 0.1) is 32.3 Å². The Bertz CT molecular complexity index is 997. The predicted molar refractivity (Wildman–Crippen MR) is 111 cm³/mol. The molecule has 0 aromatic heterocycles. The van der Waals surface area contributed by atoms with Crippen LogP contribution in [-0.4, -0.2) is 41.9 Å². The van der Waals surface area contributed by atoms with Crippen LogP contribution in [0.25, 0.3) is 6.08 Å². The summed E-state index contributed by atoms with van der Waals surface area (Å²) in [6, 6.07) is 9.61. The van der Waals surface area contributed by atoms with Crippen molar-refractivity contribution in [1.29, 1.82) is 0 Å². The van der Waals surface area contributed by atoms with Gasteiger partial charge >= 0.3 is 0 Å². The van der Waals surface area contributed by atoms with Gasteiger partial charge in [-0.2, -0.15) is 0 Å². The minimum atomic E-state index is -3.25. The van der Waals surface area contributed by atoms with E-state index in [1.807, 2.05) is 6.92 Å². The van der Waals surface area contributed by atoms with Crippen LogP contribution in [0.3, 0.4) is 0 Å².